The Morgan fingerprint density at radius 1 is 1.22 bits per heavy atom. The third-order valence-corrected chi connectivity index (χ3v) is 8.36. The summed E-state index contributed by atoms with van der Waals surface area (Å²) in [6, 6.07) is 10.5. The van der Waals surface area contributed by atoms with Crippen molar-refractivity contribution in [3.63, 3.8) is 0 Å². The van der Waals surface area contributed by atoms with Crippen LogP contribution in [0, 0.1) is 0 Å². The lowest BCUT2D eigenvalue weighted by molar-refractivity contribution is -0.0628. The maximum atomic E-state index is 13.1. The van der Waals surface area contributed by atoms with Gasteiger partial charge in [0.05, 0.1) is 16.7 Å². The van der Waals surface area contributed by atoms with Gasteiger partial charge in [0.2, 0.25) is 0 Å². The fraction of sp³-hybridized carbons (Fsp3) is 0.667. The van der Waals surface area contributed by atoms with E-state index in [2.05, 4.69) is 24.3 Å². The van der Waals surface area contributed by atoms with E-state index in [1.54, 1.807) is 0 Å². The molecule has 0 aliphatic carbocycles. The average Bonchev–Trinajstić information content (AvgIpc) is 2.91. The third-order valence-electron chi connectivity index (χ3n) is 4.86. The van der Waals surface area contributed by atoms with Crippen LogP contribution in [0.4, 0.5) is 4.79 Å². The second kappa shape index (κ2) is 7.88. The topological polar surface area (TPSA) is 38.8 Å². The second-order valence-electron chi connectivity index (χ2n) is 8.65. The summed E-state index contributed by atoms with van der Waals surface area (Å²) < 4.78 is 11.8. The van der Waals surface area contributed by atoms with E-state index in [4.69, 9.17) is 9.47 Å². The van der Waals surface area contributed by atoms with E-state index in [9.17, 15) is 4.79 Å². The predicted molar refractivity (Wildman–Crippen MR) is 114 cm³/mol. The molecular weight excluding hydrogens is 378 g/mol. The molecule has 2 saturated heterocycles. The number of carbonyl (C=O) groups is 1. The fourth-order valence-electron chi connectivity index (χ4n) is 3.67. The number of amides is 1. The highest BCUT2D eigenvalue weighted by Crippen LogP contribution is 2.51. The lowest BCUT2D eigenvalue weighted by atomic mass is 10.0. The van der Waals surface area contributed by atoms with E-state index < -0.39 is 11.3 Å². The minimum Gasteiger partial charge on any atom is -0.444 e. The van der Waals surface area contributed by atoms with Crippen LogP contribution in [0.2, 0.25) is 0 Å². The van der Waals surface area contributed by atoms with Crippen molar-refractivity contribution in [2.75, 3.05) is 18.1 Å². The molecule has 2 aliphatic rings. The largest absolute Gasteiger partial charge is 0.444 e. The molecule has 2 heterocycles. The number of ether oxygens (including phenoxy) is 2. The van der Waals surface area contributed by atoms with Gasteiger partial charge in [-0.3, -0.25) is 4.90 Å². The lowest BCUT2D eigenvalue weighted by Crippen LogP contribution is -2.57. The molecule has 150 valence electrons. The van der Waals surface area contributed by atoms with Crippen LogP contribution in [0.1, 0.15) is 46.6 Å². The van der Waals surface area contributed by atoms with Crippen molar-refractivity contribution in [3.05, 3.63) is 35.9 Å². The summed E-state index contributed by atoms with van der Waals surface area (Å²) in [5.74, 6) is 2.22. The summed E-state index contributed by atoms with van der Waals surface area (Å²) in [6.07, 6.45) is 1.83. The molecule has 0 N–H and O–H groups in total. The van der Waals surface area contributed by atoms with Crippen LogP contribution in [-0.2, 0) is 15.9 Å². The molecular formula is C21H31NO3S2. The van der Waals surface area contributed by atoms with E-state index in [1.807, 2.05) is 69.1 Å². The second-order valence-corrected chi connectivity index (χ2v) is 11.8. The number of carbonyl (C=O) groups excluding carboxylic acids is 1. The van der Waals surface area contributed by atoms with Crippen LogP contribution in [-0.4, -0.2) is 50.6 Å². The van der Waals surface area contributed by atoms with Gasteiger partial charge in [0.25, 0.3) is 0 Å². The molecule has 2 aliphatic heterocycles. The first-order chi connectivity index (χ1) is 12.6. The molecule has 0 aromatic heterocycles. The van der Waals surface area contributed by atoms with E-state index in [-0.39, 0.29) is 16.2 Å². The van der Waals surface area contributed by atoms with Gasteiger partial charge in [0, 0.05) is 0 Å². The molecule has 0 saturated carbocycles. The monoisotopic (exact) mass is 409 g/mol. The Morgan fingerprint density at radius 2 is 1.85 bits per heavy atom. The molecule has 27 heavy (non-hydrogen) atoms. The van der Waals surface area contributed by atoms with Crippen LogP contribution in [0.3, 0.4) is 0 Å². The quantitative estimate of drug-likeness (QED) is 0.689. The number of benzene rings is 1. The SMILES string of the molecule is CC(C)(C)OC(=O)N1C(C2(Cc3ccccc3)SCCCS2)COC1(C)C. The highest BCUT2D eigenvalue weighted by molar-refractivity contribution is 8.18. The Kier molecular flexibility index (Phi) is 6.09. The summed E-state index contributed by atoms with van der Waals surface area (Å²) >= 11 is 3.95. The maximum Gasteiger partial charge on any atom is 0.412 e. The van der Waals surface area contributed by atoms with E-state index in [0.717, 1.165) is 17.9 Å². The number of hydrogen-bond donors (Lipinski definition) is 0. The van der Waals surface area contributed by atoms with Crippen molar-refractivity contribution < 1.29 is 14.3 Å². The zero-order chi connectivity index (χ0) is 19.7. The Hall–Kier alpha value is -0.850. The van der Waals surface area contributed by atoms with Crippen molar-refractivity contribution in [1.82, 2.24) is 4.90 Å². The van der Waals surface area contributed by atoms with Crippen LogP contribution >= 0.6 is 23.5 Å². The molecule has 1 aromatic rings. The summed E-state index contributed by atoms with van der Waals surface area (Å²) in [5, 5.41) is 0. The molecule has 4 nitrogen and oxygen atoms in total. The number of hydrogen-bond acceptors (Lipinski definition) is 5. The van der Waals surface area contributed by atoms with Gasteiger partial charge in [-0.25, -0.2) is 4.79 Å². The Balaban J connectivity index is 1.93. The van der Waals surface area contributed by atoms with E-state index in [0.29, 0.717) is 6.61 Å². The normalized spacial score (nSPS) is 24.6. The molecule has 3 rings (SSSR count). The summed E-state index contributed by atoms with van der Waals surface area (Å²) in [6.45, 7) is 10.2. The van der Waals surface area contributed by atoms with Crippen molar-refractivity contribution in [2.45, 2.75) is 68.9 Å². The highest BCUT2D eigenvalue weighted by atomic mass is 32.2. The molecule has 0 spiro atoms. The summed E-state index contributed by atoms with van der Waals surface area (Å²) in [5.41, 5.74) is 0.0999. The van der Waals surface area contributed by atoms with Crippen LogP contribution in [0.15, 0.2) is 30.3 Å². The first-order valence-corrected chi connectivity index (χ1v) is 11.6. The average molecular weight is 410 g/mol. The minimum atomic E-state index is -0.671. The molecule has 1 aromatic carbocycles. The Morgan fingerprint density at radius 3 is 2.44 bits per heavy atom. The fourth-order valence-corrected chi connectivity index (χ4v) is 7.22. The molecule has 2 fully saturated rings. The zero-order valence-corrected chi connectivity index (χ0v) is 18.6. The van der Waals surface area contributed by atoms with Gasteiger partial charge in [0.1, 0.15) is 11.3 Å². The Bertz CT molecular complexity index is 651. The highest BCUT2D eigenvalue weighted by Gasteiger charge is 2.55. The van der Waals surface area contributed by atoms with Crippen molar-refractivity contribution in [3.8, 4) is 0 Å². The Labute approximate surface area is 171 Å². The minimum absolute atomic E-state index is 0.0298. The number of thioether (sulfide) groups is 2. The van der Waals surface area contributed by atoms with Gasteiger partial charge in [0.15, 0.2) is 0 Å². The zero-order valence-electron chi connectivity index (χ0n) is 17.0. The van der Waals surface area contributed by atoms with Gasteiger partial charge >= 0.3 is 6.09 Å². The van der Waals surface area contributed by atoms with Gasteiger partial charge in [-0.2, -0.15) is 0 Å². The maximum absolute atomic E-state index is 13.1. The van der Waals surface area contributed by atoms with E-state index in [1.165, 1.54) is 12.0 Å². The smallest absolute Gasteiger partial charge is 0.412 e. The molecule has 1 atom stereocenters. The first kappa shape index (κ1) is 20.9. The van der Waals surface area contributed by atoms with Crippen LogP contribution in [0.5, 0.6) is 0 Å². The van der Waals surface area contributed by atoms with Gasteiger partial charge < -0.3 is 9.47 Å². The standard InChI is InChI=1S/C21H31NO3S2/c1-19(2,3)25-18(23)22-17(15-24-20(22,4)5)21(26-12-9-13-27-21)14-16-10-7-6-8-11-16/h6-8,10-11,17H,9,12-15H2,1-5H3. The molecule has 0 bridgehead atoms. The molecule has 1 amide bonds. The number of rotatable bonds is 3. The predicted octanol–water partition coefficient (Wildman–Crippen LogP) is 5.17. The van der Waals surface area contributed by atoms with Crippen molar-refractivity contribution >= 4 is 29.6 Å². The van der Waals surface area contributed by atoms with Gasteiger partial charge in [-0.1, -0.05) is 30.3 Å². The van der Waals surface area contributed by atoms with E-state index >= 15 is 0 Å². The van der Waals surface area contributed by atoms with Crippen LogP contribution in [0.25, 0.3) is 0 Å². The van der Waals surface area contributed by atoms with Crippen molar-refractivity contribution in [1.29, 1.82) is 0 Å². The van der Waals surface area contributed by atoms with Gasteiger partial charge in [-0.15, -0.1) is 23.5 Å². The molecule has 6 heteroatoms. The lowest BCUT2D eigenvalue weighted by Gasteiger charge is -2.45. The third kappa shape index (κ3) is 4.77. The molecule has 0 radical (unpaired) electrons. The number of nitrogens with zero attached hydrogens (tertiary/aromatic N) is 1. The van der Waals surface area contributed by atoms with Crippen LogP contribution < -0.4 is 0 Å². The van der Waals surface area contributed by atoms with Gasteiger partial charge in [-0.05, 0) is 64.5 Å². The summed E-state index contributed by atoms with van der Waals surface area (Å²) in [7, 11) is 0. The molecule has 1 unspecified atom stereocenters. The summed E-state index contributed by atoms with van der Waals surface area (Å²) in [4.78, 5) is 15.0. The first-order valence-electron chi connectivity index (χ1n) is 9.61. The van der Waals surface area contributed by atoms with Crippen molar-refractivity contribution in [2.24, 2.45) is 0 Å².